The maximum atomic E-state index is 2.70. The van der Waals surface area contributed by atoms with Crippen LogP contribution in [-0.2, 0) is 32.5 Å². The Balaban J connectivity index is 1.26. The van der Waals surface area contributed by atoms with Crippen LogP contribution in [0, 0.1) is 6.92 Å². The molecule has 7 aromatic carbocycles. The highest BCUT2D eigenvalue weighted by molar-refractivity contribution is 7.00. The normalized spacial score (nSPS) is 18.1. The van der Waals surface area contributed by atoms with Gasteiger partial charge < -0.3 is 9.80 Å². The van der Waals surface area contributed by atoms with Crippen molar-refractivity contribution >= 4 is 57.2 Å². The van der Waals surface area contributed by atoms with Crippen molar-refractivity contribution in [3.63, 3.8) is 0 Å². The average molecular weight is 919 g/mol. The quantitative estimate of drug-likeness (QED) is 0.162. The third kappa shape index (κ3) is 7.34. The average Bonchev–Trinajstić information content (AvgIpc) is 3.31. The van der Waals surface area contributed by atoms with Gasteiger partial charge in [-0.2, -0.15) is 0 Å². The summed E-state index contributed by atoms with van der Waals surface area (Å²) in [5.74, 6) is 0. The van der Waals surface area contributed by atoms with E-state index in [-0.39, 0.29) is 39.2 Å². The molecule has 0 N–H and O–H groups in total. The van der Waals surface area contributed by atoms with E-state index in [9.17, 15) is 0 Å². The lowest BCUT2D eigenvalue weighted by Gasteiger charge is -2.48. The van der Waals surface area contributed by atoms with Crippen molar-refractivity contribution in [3.05, 3.63) is 172 Å². The fourth-order valence-electron chi connectivity index (χ4n) is 12.9. The highest BCUT2D eigenvalue weighted by Crippen LogP contribution is 2.54. The second kappa shape index (κ2) is 15.6. The molecule has 3 heteroatoms. The fourth-order valence-corrected chi connectivity index (χ4v) is 12.9. The van der Waals surface area contributed by atoms with Crippen LogP contribution in [0.1, 0.15) is 162 Å². The fraction of sp³-hybridized carbons (Fsp3) is 0.373. The van der Waals surface area contributed by atoms with Crippen LogP contribution in [0.25, 0.3) is 22.3 Å². The number of hydrogen-bond acceptors (Lipinski definition) is 2. The van der Waals surface area contributed by atoms with Gasteiger partial charge in [-0.3, -0.25) is 0 Å². The van der Waals surface area contributed by atoms with Crippen molar-refractivity contribution < 1.29 is 0 Å². The zero-order valence-corrected chi connectivity index (χ0v) is 45.0. The van der Waals surface area contributed by atoms with Gasteiger partial charge in [0, 0.05) is 34.0 Å². The molecule has 0 fully saturated rings. The maximum Gasteiger partial charge on any atom is 0.252 e. The van der Waals surface area contributed by atoms with Crippen molar-refractivity contribution in [2.24, 2.45) is 0 Å². The Morgan fingerprint density at radius 1 is 0.400 bits per heavy atom. The van der Waals surface area contributed by atoms with Crippen molar-refractivity contribution in [2.45, 2.75) is 162 Å². The van der Waals surface area contributed by atoms with E-state index in [4.69, 9.17) is 0 Å². The highest BCUT2D eigenvalue weighted by Gasteiger charge is 2.48. The third-order valence-electron chi connectivity index (χ3n) is 17.6. The number of fused-ring (bicyclic) bond motifs is 6. The predicted molar refractivity (Wildman–Crippen MR) is 304 cm³/mol. The molecule has 0 saturated heterocycles. The van der Waals surface area contributed by atoms with E-state index in [1.165, 1.54) is 137 Å². The molecule has 11 rings (SSSR count). The predicted octanol–water partition coefficient (Wildman–Crippen LogP) is 16.7. The summed E-state index contributed by atoms with van der Waals surface area (Å²) in [6.07, 6.45) is 4.73. The van der Waals surface area contributed by atoms with E-state index in [1.54, 1.807) is 0 Å². The molecule has 0 amide bonds. The van der Waals surface area contributed by atoms with Crippen molar-refractivity contribution in [1.82, 2.24) is 0 Å². The van der Waals surface area contributed by atoms with Gasteiger partial charge in [0.2, 0.25) is 0 Å². The third-order valence-corrected chi connectivity index (χ3v) is 17.6. The molecule has 2 heterocycles. The van der Waals surface area contributed by atoms with Crippen LogP contribution in [0.3, 0.4) is 0 Å². The van der Waals surface area contributed by atoms with E-state index in [0.717, 1.165) is 0 Å². The Kier molecular flexibility index (Phi) is 10.4. The first-order valence-electron chi connectivity index (χ1n) is 26.4. The van der Waals surface area contributed by atoms with Crippen molar-refractivity contribution in [3.8, 4) is 22.3 Å². The number of anilines is 6. The summed E-state index contributed by atoms with van der Waals surface area (Å²) in [6.45, 7) is 36.3. The van der Waals surface area contributed by atoms with Gasteiger partial charge >= 0.3 is 0 Å². The van der Waals surface area contributed by atoms with Gasteiger partial charge in [-0.25, -0.2) is 0 Å². The van der Waals surface area contributed by atoms with Crippen LogP contribution in [0.15, 0.2) is 133 Å². The molecule has 2 nitrogen and oxygen atoms in total. The molecule has 0 unspecified atom stereocenters. The molecule has 70 heavy (non-hydrogen) atoms. The molecule has 0 bridgehead atoms. The molecule has 2 aliphatic heterocycles. The Hall–Kier alpha value is -5.80. The monoisotopic (exact) mass is 919 g/mol. The zero-order valence-electron chi connectivity index (χ0n) is 45.0. The van der Waals surface area contributed by atoms with Gasteiger partial charge in [-0.1, -0.05) is 182 Å². The van der Waals surface area contributed by atoms with E-state index in [2.05, 4.69) is 247 Å². The minimum Gasteiger partial charge on any atom is -0.311 e. The highest BCUT2D eigenvalue weighted by atomic mass is 15.2. The first-order valence-corrected chi connectivity index (χ1v) is 26.4. The van der Waals surface area contributed by atoms with Crippen LogP contribution in [0.2, 0.25) is 0 Å². The van der Waals surface area contributed by atoms with E-state index < -0.39 is 0 Å². The minimum absolute atomic E-state index is 0.0326. The Morgan fingerprint density at radius 3 is 1.54 bits per heavy atom. The first kappa shape index (κ1) is 46.6. The molecule has 2 aliphatic carbocycles. The zero-order chi connectivity index (χ0) is 49.7. The van der Waals surface area contributed by atoms with Gasteiger partial charge in [0.1, 0.15) is 0 Å². The summed E-state index contributed by atoms with van der Waals surface area (Å²) < 4.78 is 0. The summed E-state index contributed by atoms with van der Waals surface area (Å²) in [4.78, 5) is 5.39. The SMILES string of the molecule is Cc1cc2c3c(c1)N(c1ccc(C(C)(C)C)cc1-c1ccccc1-c1ccccc1)c1cc(C(C)(C)C)ccc1B3c1cc3c(cc1N2c1ccc2c(c1)C(C)(C)CCC2(C)C)C(C)(C)CCC3(C)C. The number of rotatable bonds is 4. The molecule has 0 saturated carbocycles. The number of aryl methyl sites for hydroxylation is 1. The second-order valence-corrected chi connectivity index (χ2v) is 26.5. The van der Waals surface area contributed by atoms with E-state index in [1.807, 2.05) is 0 Å². The summed E-state index contributed by atoms with van der Waals surface area (Å²) in [5, 5.41) is 0. The molecule has 356 valence electrons. The van der Waals surface area contributed by atoms with Crippen LogP contribution in [0.5, 0.6) is 0 Å². The molecule has 7 aromatic rings. The van der Waals surface area contributed by atoms with Gasteiger partial charge in [0.15, 0.2) is 0 Å². The first-order chi connectivity index (χ1) is 32.9. The summed E-state index contributed by atoms with van der Waals surface area (Å²) in [5.41, 5.74) is 26.9. The summed E-state index contributed by atoms with van der Waals surface area (Å²) in [6, 6.07) is 52.8. The van der Waals surface area contributed by atoms with Crippen LogP contribution >= 0.6 is 0 Å². The Morgan fingerprint density at radius 2 is 0.914 bits per heavy atom. The molecule has 0 radical (unpaired) electrons. The number of nitrogens with zero attached hydrogens (tertiary/aromatic N) is 2. The van der Waals surface area contributed by atoms with Crippen molar-refractivity contribution in [2.75, 3.05) is 9.80 Å². The topological polar surface area (TPSA) is 6.48 Å². The standard InChI is InChI=1S/C67H75BN2/c1-42-35-59-61-60(36-42)70(56-30-26-44(62(2,3)4)37-49(56)48-24-20-19-23-47(48)43-21-17-16-18-22-43)57-38-45(63(5,6)7)25-29-54(57)68(61)55-40-52-53(67(14,15)34-33-66(52,12)13)41-58(55)69(59)46-27-28-50-51(39-46)65(10,11)32-31-64(50,8)9/h16-30,35-41H,31-34H2,1-15H3. The number of benzene rings is 7. The van der Waals surface area contributed by atoms with Crippen LogP contribution in [0.4, 0.5) is 34.1 Å². The van der Waals surface area contributed by atoms with E-state index >= 15 is 0 Å². The minimum atomic E-state index is -0.0533. The lowest BCUT2D eigenvalue weighted by Crippen LogP contribution is -2.62. The number of hydrogen-bond donors (Lipinski definition) is 0. The molecule has 0 atom stereocenters. The van der Waals surface area contributed by atoms with Gasteiger partial charge in [0.05, 0.1) is 5.69 Å². The maximum absolute atomic E-state index is 2.70. The van der Waals surface area contributed by atoms with Crippen LogP contribution in [-0.4, -0.2) is 6.71 Å². The van der Waals surface area contributed by atoms with Gasteiger partial charge in [0.25, 0.3) is 6.71 Å². The smallest absolute Gasteiger partial charge is 0.252 e. The molecule has 0 spiro atoms. The van der Waals surface area contributed by atoms with Gasteiger partial charge in [-0.15, -0.1) is 0 Å². The Bertz CT molecular complexity index is 3260. The summed E-state index contributed by atoms with van der Waals surface area (Å²) >= 11 is 0. The van der Waals surface area contributed by atoms with E-state index in [0.29, 0.717) is 0 Å². The molecular formula is C67H75BN2. The lowest BCUT2D eigenvalue weighted by molar-refractivity contribution is 0.332. The lowest BCUT2D eigenvalue weighted by atomic mass is 9.33. The molecular weight excluding hydrogens is 844 g/mol. The second-order valence-electron chi connectivity index (χ2n) is 26.5. The largest absolute Gasteiger partial charge is 0.311 e. The Labute approximate surface area is 421 Å². The van der Waals surface area contributed by atoms with Crippen molar-refractivity contribution in [1.29, 1.82) is 0 Å². The van der Waals surface area contributed by atoms with Gasteiger partial charge in [-0.05, 0) is 186 Å². The summed E-state index contributed by atoms with van der Waals surface area (Å²) in [7, 11) is 0. The molecule has 4 aliphatic rings. The molecule has 0 aromatic heterocycles. The van der Waals surface area contributed by atoms with Crippen LogP contribution < -0.4 is 26.2 Å².